The van der Waals surface area contributed by atoms with E-state index in [-0.39, 0.29) is 13.0 Å². The number of azide groups is 1. The van der Waals surface area contributed by atoms with Crippen molar-refractivity contribution < 1.29 is 10.2 Å². The van der Waals surface area contributed by atoms with Crippen LogP contribution < -0.4 is 0 Å². The first-order valence-corrected chi connectivity index (χ1v) is 6.45. The van der Waals surface area contributed by atoms with Crippen LogP contribution >= 0.6 is 11.3 Å². The second-order valence-electron chi connectivity index (χ2n) is 3.93. The number of fused-ring (bicyclic) bond motifs is 1. The second kappa shape index (κ2) is 5.84. The van der Waals surface area contributed by atoms with Crippen molar-refractivity contribution in [3.8, 4) is 0 Å². The minimum atomic E-state index is -0.961. The predicted octanol–water partition coefficient (Wildman–Crippen LogP) is 3.00. The van der Waals surface area contributed by atoms with Gasteiger partial charge in [0.05, 0.1) is 6.10 Å². The monoisotopic (exact) mass is 263 g/mol. The molecule has 0 fully saturated rings. The molecule has 2 N–H and O–H groups in total. The first-order valence-electron chi connectivity index (χ1n) is 5.57. The summed E-state index contributed by atoms with van der Waals surface area (Å²) in [6.45, 7) is 0.175. The second-order valence-corrected chi connectivity index (χ2v) is 4.88. The molecule has 5 nitrogen and oxygen atoms in total. The molecule has 1 aromatic heterocycles. The summed E-state index contributed by atoms with van der Waals surface area (Å²) in [5.74, 6) is 0. The first-order chi connectivity index (χ1) is 8.74. The zero-order chi connectivity index (χ0) is 13.0. The van der Waals surface area contributed by atoms with E-state index in [1.54, 1.807) is 17.4 Å². The molecule has 2 aromatic rings. The molecule has 0 saturated heterocycles. The summed E-state index contributed by atoms with van der Waals surface area (Å²) >= 11 is 1.59. The van der Waals surface area contributed by atoms with Crippen molar-refractivity contribution in [1.82, 2.24) is 0 Å². The maximum atomic E-state index is 10.1. The van der Waals surface area contributed by atoms with E-state index in [1.165, 1.54) is 0 Å². The molecule has 0 aliphatic rings. The van der Waals surface area contributed by atoms with Gasteiger partial charge in [-0.3, -0.25) is 0 Å². The summed E-state index contributed by atoms with van der Waals surface area (Å²) in [5.41, 5.74) is 8.87. The van der Waals surface area contributed by atoms with Gasteiger partial charge in [0.25, 0.3) is 0 Å². The van der Waals surface area contributed by atoms with Crippen LogP contribution in [0.2, 0.25) is 0 Å². The number of rotatable bonds is 5. The molecule has 2 unspecified atom stereocenters. The standard InChI is InChI=1S/C12H13N3O2S/c13-15-14-6-4-10(16)12(17)9-2-1-3-11-8(9)5-7-18-11/h1-3,5,7,10,12,16-17H,4,6H2. The Balaban J connectivity index is 2.19. The van der Waals surface area contributed by atoms with E-state index in [0.717, 1.165) is 10.1 Å². The Bertz CT molecular complexity index is 577. The normalized spacial score (nSPS) is 14.1. The van der Waals surface area contributed by atoms with Gasteiger partial charge < -0.3 is 10.2 Å². The number of hydrogen-bond donors (Lipinski definition) is 2. The smallest absolute Gasteiger partial charge is 0.105 e. The Hall–Kier alpha value is -1.59. The van der Waals surface area contributed by atoms with Gasteiger partial charge in [0.15, 0.2) is 0 Å². The van der Waals surface area contributed by atoms with Crippen molar-refractivity contribution in [1.29, 1.82) is 0 Å². The number of thiophene rings is 1. The van der Waals surface area contributed by atoms with Crippen LogP contribution in [0, 0.1) is 0 Å². The van der Waals surface area contributed by atoms with Crippen LogP contribution in [0.25, 0.3) is 20.5 Å². The molecule has 0 spiro atoms. The lowest BCUT2D eigenvalue weighted by Gasteiger charge is -2.18. The molecule has 2 atom stereocenters. The fraction of sp³-hybridized carbons (Fsp3) is 0.333. The summed E-state index contributed by atoms with van der Waals surface area (Å²) in [4.78, 5) is 2.62. The van der Waals surface area contributed by atoms with Crippen LogP contribution in [0.5, 0.6) is 0 Å². The zero-order valence-electron chi connectivity index (χ0n) is 9.60. The Morgan fingerprint density at radius 2 is 2.17 bits per heavy atom. The molecule has 1 heterocycles. The third-order valence-corrected chi connectivity index (χ3v) is 3.68. The molecule has 2 rings (SSSR count). The van der Waals surface area contributed by atoms with Crippen molar-refractivity contribution in [3.63, 3.8) is 0 Å². The van der Waals surface area contributed by atoms with Crippen LogP contribution in [-0.2, 0) is 0 Å². The van der Waals surface area contributed by atoms with Crippen LogP contribution in [0.3, 0.4) is 0 Å². The highest BCUT2D eigenvalue weighted by molar-refractivity contribution is 7.17. The number of aliphatic hydroxyl groups is 2. The van der Waals surface area contributed by atoms with Crippen molar-refractivity contribution in [2.24, 2.45) is 5.11 Å². The molecule has 94 valence electrons. The topological polar surface area (TPSA) is 89.2 Å². The van der Waals surface area contributed by atoms with Gasteiger partial charge in [-0.05, 0) is 40.4 Å². The van der Waals surface area contributed by atoms with E-state index in [4.69, 9.17) is 5.53 Å². The zero-order valence-corrected chi connectivity index (χ0v) is 10.4. The number of benzene rings is 1. The molecule has 0 aliphatic heterocycles. The quantitative estimate of drug-likeness (QED) is 0.493. The highest BCUT2D eigenvalue weighted by atomic mass is 32.1. The van der Waals surface area contributed by atoms with Crippen LogP contribution in [0.4, 0.5) is 0 Å². The van der Waals surface area contributed by atoms with Crippen LogP contribution in [0.15, 0.2) is 34.8 Å². The maximum Gasteiger partial charge on any atom is 0.105 e. The first kappa shape index (κ1) is 12.9. The lowest BCUT2D eigenvalue weighted by molar-refractivity contribution is 0.0159. The number of hydrogen-bond acceptors (Lipinski definition) is 4. The molecular weight excluding hydrogens is 250 g/mol. The average Bonchev–Trinajstić information content (AvgIpc) is 2.86. The van der Waals surface area contributed by atoms with Crippen LogP contribution in [0.1, 0.15) is 18.1 Å². The van der Waals surface area contributed by atoms with E-state index >= 15 is 0 Å². The molecule has 0 bridgehead atoms. The van der Waals surface area contributed by atoms with Gasteiger partial charge in [-0.1, -0.05) is 17.2 Å². The highest BCUT2D eigenvalue weighted by Crippen LogP contribution is 2.30. The summed E-state index contributed by atoms with van der Waals surface area (Å²) in [7, 11) is 0. The van der Waals surface area contributed by atoms with Gasteiger partial charge in [-0.2, -0.15) is 0 Å². The predicted molar refractivity (Wildman–Crippen MR) is 71.4 cm³/mol. The van der Waals surface area contributed by atoms with E-state index < -0.39 is 12.2 Å². The molecule has 1 aromatic carbocycles. The Morgan fingerprint density at radius 1 is 1.33 bits per heavy atom. The van der Waals surface area contributed by atoms with Crippen molar-refractivity contribution in [2.45, 2.75) is 18.6 Å². The third kappa shape index (κ3) is 2.63. The van der Waals surface area contributed by atoms with E-state index in [2.05, 4.69) is 10.0 Å². The minimum Gasteiger partial charge on any atom is -0.390 e. The molecular formula is C12H13N3O2S. The summed E-state index contributed by atoms with van der Waals surface area (Å²) in [5, 5.41) is 26.2. The average molecular weight is 263 g/mol. The fourth-order valence-corrected chi connectivity index (χ4v) is 2.70. The van der Waals surface area contributed by atoms with E-state index in [9.17, 15) is 10.2 Å². The van der Waals surface area contributed by atoms with Crippen LogP contribution in [-0.4, -0.2) is 22.9 Å². The third-order valence-electron chi connectivity index (χ3n) is 2.80. The summed E-state index contributed by atoms with van der Waals surface area (Å²) in [6.07, 6.45) is -1.65. The fourth-order valence-electron chi connectivity index (χ4n) is 1.88. The molecule has 6 heteroatoms. The number of nitrogens with zero attached hydrogens (tertiary/aromatic N) is 3. The van der Waals surface area contributed by atoms with Crippen molar-refractivity contribution >= 4 is 21.4 Å². The Morgan fingerprint density at radius 3 is 2.94 bits per heavy atom. The van der Waals surface area contributed by atoms with Gasteiger partial charge in [-0.25, -0.2) is 0 Å². The summed E-state index contributed by atoms with van der Waals surface area (Å²) in [6, 6.07) is 7.56. The van der Waals surface area contributed by atoms with Gasteiger partial charge >= 0.3 is 0 Å². The number of aliphatic hydroxyl groups excluding tert-OH is 2. The summed E-state index contributed by atoms with van der Waals surface area (Å²) < 4.78 is 1.08. The largest absolute Gasteiger partial charge is 0.390 e. The molecule has 0 saturated carbocycles. The molecule has 18 heavy (non-hydrogen) atoms. The van der Waals surface area contributed by atoms with Gasteiger partial charge in [0.2, 0.25) is 0 Å². The Labute approximate surface area is 108 Å². The van der Waals surface area contributed by atoms with E-state index in [0.29, 0.717) is 5.56 Å². The maximum absolute atomic E-state index is 10.1. The molecule has 0 amide bonds. The SMILES string of the molecule is [N-]=[N+]=NCCC(O)C(O)c1cccc2sccc12. The van der Waals surface area contributed by atoms with E-state index in [1.807, 2.05) is 23.6 Å². The van der Waals surface area contributed by atoms with Gasteiger partial charge in [0.1, 0.15) is 6.10 Å². The molecule has 0 aliphatic carbocycles. The lowest BCUT2D eigenvalue weighted by atomic mass is 9.99. The van der Waals surface area contributed by atoms with Crippen molar-refractivity contribution in [2.75, 3.05) is 6.54 Å². The van der Waals surface area contributed by atoms with Gasteiger partial charge in [0, 0.05) is 16.2 Å². The lowest BCUT2D eigenvalue weighted by Crippen LogP contribution is -2.19. The minimum absolute atomic E-state index is 0.175. The van der Waals surface area contributed by atoms with Gasteiger partial charge in [-0.15, -0.1) is 11.3 Å². The molecule has 0 radical (unpaired) electrons. The van der Waals surface area contributed by atoms with Crippen molar-refractivity contribution in [3.05, 3.63) is 45.7 Å². The highest BCUT2D eigenvalue weighted by Gasteiger charge is 2.19. The Kier molecular flexibility index (Phi) is 4.17.